The van der Waals surface area contributed by atoms with Crippen LogP contribution in [0.3, 0.4) is 0 Å². The Balaban J connectivity index is 1.72. The second-order valence-electron chi connectivity index (χ2n) is 6.67. The number of carbonyl (C=O) groups is 2. The van der Waals surface area contributed by atoms with Crippen LogP contribution < -0.4 is 16.1 Å². The largest absolute Gasteiger partial charge is 0.449 e. The summed E-state index contributed by atoms with van der Waals surface area (Å²) in [5.41, 5.74) is 2.98. The summed E-state index contributed by atoms with van der Waals surface area (Å²) >= 11 is 0. The van der Waals surface area contributed by atoms with Crippen LogP contribution in [0.5, 0.6) is 0 Å². The molecule has 8 nitrogen and oxygen atoms in total. The molecule has 1 aliphatic rings. The molecule has 4 N–H and O–H groups in total. The number of aromatic nitrogens is 1. The van der Waals surface area contributed by atoms with Crippen LogP contribution in [0.4, 0.5) is 5.69 Å². The molecule has 3 rings (SSSR count). The minimum Gasteiger partial charge on any atom is -0.449 e. The van der Waals surface area contributed by atoms with Crippen molar-refractivity contribution in [2.24, 2.45) is 5.92 Å². The molecular weight excluding hydrogens is 348 g/mol. The average Bonchev–Trinajstić information content (AvgIpc) is 3.22. The van der Waals surface area contributed by atoms with E-state index in [1.165, 1.54) is 12.6 Å². The number of carbonyl (C=O) groups excluding carboxylic acids is 2. The second-order valence-corrected chi connectivity index (χ2v) is 6.67. The first-order chi connectivity index (χ1) is 13.1. The van der Waals surface area contributed by atoms with Crippen molar-refractivity contribution in [3.8, 4) is 11.5 Å². The highest BCUT2D eigenvalue weighted by Crippen LogP contribution is 2.27. The number of likely N-dealkylation sites (N-methyl/N-ethyl adjacent to an activating group) is 1. The van der Waals surface area contributed by atoms with Crippen LogP contribution in [0.1, 0.15) is 42.7 Å². The number of furan rings is 1. The van der Waals surface area contributed by atoms with Gasteiger partial charge in [-0.1, -0.05) is 19.3 Å². The quantitative estimate of drug-likeness (QED) is 0.579. The van der Waals surface area contributed by atoms with E-state index in [4.69, 9.17) is 9.62 Å². The molecule has 1 unspecified atom stereocenters. The van der Waals surface area contributed by atoms with Crippen molar-refractivity contribution in [1.82, 2.24) is 15.6 Å². The number of hydrogen-bond acceptors (Lipinski definition) is 6. The van der Waals surface area contributed by atoms with E-state index >= 15 is 0 Å². The topological polar surface area (TPSA) is 116 Å². The van der Waals surface area contributed by atoms with E-state index < -0.39 is 11.9 Å². The molecule has 0 bridgehead atoms. The van der Waals surface area contributed by atoms with Gasteiger partial charge in [-0.05, 0) is 43.0 Å². The first-order valence-corrected chi connectivity index (χ1v) is 9.11. The Morgan fingerprint density at radius 2 is 1.96 bits per heavy atom. The maximum Gasteiger partial charge on any atom is 0.287 e. The lowest BCUT2D eigenvalue weighted by atomic mass is 9.83. The summed E-state index contributed by atoms with van der Waals surface area (Å²) in [5.74, 6) is 0.0850. The van der Waals surface area contributed by atoms with Crippen LogP contribution in [0, 0.1) is 5.92 Å². The van der Waals surface area contributed by atoms with Crippen molar-refractivity contribution in [3.63, 3.8) is 0 Å². The molecule has 1 aliphatic carbocycles. The molecule has 144 valence electrons. The normalized spacial score (nSPS) is 15.8. The molecule has 1 atom stereocenters. The van der Waals surface area contributed by atoms with E-state index in [1.807, 2.05) is 5.48 Å². The van der Waals surface area contributed by atoms with Crippen LogP contribution in [0.25, 0.3) is 11.5 Å². The smallest absolute Gasteiger partial charge is 0.287 e. The molecule has 0 saturated heterocycles. The molecule has 8 heteroatoms. The molecule has 2 amide bonds. The number of rotatable bonds is 6. The van der Waals surface area contributed by atoms with Gasteiger partial charge in [-0.3, -0.25) is 25.3 Å². The van der Waals surface area contributed by atoms with E-state index in [-0.39, 0.29) is 17.6 Å². The lowest BCUT2D eigenvalue weighted by Gasteiger charge is -2.29. The third-order valence-corrected chi connectivity index (χ3v) is 4.91. The van der Waals surface area contributed by atoms with Crippen LogP contribution >= 0.6 is 0 Å². The summed E-state index contributed by atoms with van der Waals surface area (Å²) < 4.78 is 5.62. The minimum atomic E-state index is -0.565. The van der Waals surface area contributed by atoms with Gasteiger partial charge in [0.05, 0.1) is 11.9 Å². The SMILES string of the molecule is CNC(=O)C(NC(=O)c1ccc(-c2ccc(NO)cn2)o1)C1CCCCC1. The highest BCUT2D eigenvalue weighted by molar-refractivity contribution is 5.96. The first kappa shape index (κ1) is 18.9. The molecule has 27 heavy (non-hydrogen) atoms. The van der Waals surface area contributed by atoms with Crippen molar-refractivity contribution in [2.75, 3.05) is 12.5 Å². The van der Waals surface area contributed by atoms with E-state index in [1.54, 1.807) is 31.3 Å². The van der Waals surface area contributed by atoms with Gasteiger partial charge in [0.25, 0.3) is 5.91 Å². The Morgan fingerprint density at radius 1 is 1.19 bits per heavy atom. The lowest BCUT2D eigenvalue weighted by Crippen LogP contribution is -2.50. The van der Waals surface area contributed by atoms with E-state index in [0.717, 1.165) is 25.7 Å². The monoisotopic (exact) mass is 372 g/mol. The second kappa shape index (κ2) is 8.68. The van der Waals surface area contributed by atoms with Gasteiger partial charge in [-0.15, -0.1) is 0 Å². The van der Waals surface area contributed by atoms with Gasteiger partial charge in [0, 0.05) is 7.05 Å². The number of pyridine rings is 1. The highest BCUT2D eigenvalue weighted by atomic mass is 16.5. The van der Waals surface area contributed by atoms with E-state index in [9.17, 15) is 9.59 Å². The Morgan fingerprint density at radius 3 is 2.59 bits per heavy atom. The van der Waals surface area contributed by atoms with Crippen molar-refractivity contribution < 1.29 is 19.2 Å². The summed E-state index contributed by atoms with van der Waals surface area (Å²) in [6.07, 6.45) is 6.62. The molecule has 0 spiro atoms. The Bertz CT molecular complexity index is 781. The summed E-state index contributed by atoms with van der Waals surface area (Å²) in [6.45, 7) is 0. The van der Waals surface area contributed by atoms with Gasteiger partial charge in [0.1, 0.15) is 11.7 Å². The lowest BCUT2D eigenvalue weighted by molar-refractivity contribution is -0.124. The van der Waals surface area contributed by atoms with Gasteiger partial charge < -0.3 is 15.1 Å². The fraction of sp³-hybridized carbons (Fsp3) is 0.421. The standard InChI is InChI=1S/C19H24N4O4/c1-20-19(25)17(12-5-3-2-4-6-12)22-18(24)16-10-9-15(27-16)14-8-7-13(23-26)11-21-14/h7-12,17,23,26H,2-6H2,1H3,(H,20,25)(H,22,24). The Labute approximate surface area is 157 Å². The Hall–Kier alpha value is -2.87. The highest BCUT2D eigenvalue weighted by Gasteiger charge is 2.31. The molecule has 1 saturated carbocycles. The predicted molar refractivity (Wildman–Crippen MR) is 99.2 cm³/mol. The van der Waals surface area contributed by atoms with Crippen LogP contribution in [0.2, 0.25) is 0 Å². The zero-order chi connectivity index (χ0) is 19.2. The minimum absolute atomic E-state index is 0.126. The number of amides is 2. The number of hydrogen-bond donors (Lipinski definition) is 4. The Kier molecular flexibility index (Phi) is 6.08. The number of anilines is 1. The van der Waals surface area contributed by atoms with Gasteiger partial charge in [0.15, 0.2) is 11.5 Å². The van der Waals surface area contributed by atoms with Crippen molar-refractivity contribution in [1.29, 1.82) is 0 Å². The van der Waals surface area contributed by atoms with Crippen LogP contribution in [-0.4, -0.2) is 35.1 Å². The van der Waals surface area contributed by atoms with E-state index in [2.05, 4.69) is 15.6 Å². The van der Waals surface area contributed by atoms with Gasteiger partial charge >= 0.3 is 0 Å². The van der Waals surface area contributed by atoms with E-state index in [0.29, 0.717) is 17.1 Å². The van der Waals surface area contributed by atoms with Gasteiger partial charge in [-0.25, -0.2) is 0 Å². The molecular formula is C19H24N4O4. The van der Waals surface area contributed by atoms with Crippen molar-refractivity contribution in [2.45, 2.75) is 38.1 Å². The van der Waals surface area contributed by atoms with Crippen molar-refractivity contribution >= 4 is 17.5 Å². The van der Waals surface area contributed by atoms with Gasteiger partial charge in [-0.2, -0.15) is 0 Å². The van der Waals surface area contributed by atoms with Crippen molar-refractivity contribution in [3.05, 3.63) is 36.2 Å². The fourth-order valence-electron chi connectivity index (χ4n) is 3.44. The molecule has 2 aromatic rings. The van der Waals surface area contributed by atoms with Gasteiger partial charge in [0.2, 0.25) is 5.91 Å². The molecule has 2 aromatic heterocycles. The summed E-state index contributed by atoms with van der Waals surface area (Å²) in [5, 5.41) is 14.3. The molecule has 0 aromatic carbocycles. The molecule has 0 aliphatic heterocycles. The zero-order valence-corrected chi connectivity index (χ0v) is 15.2. The molecule has 2 heterocycles. The summed E-state index contributed by atoms with van der Waals surface area (Å²) in [7, 11) is 1.58. The van der Waals surface area contributed by atoms with Crippen LogP contribution in [-0.2, 0) is 4.79 Å². The third-order valence-electron chi connectivity index (χ3n) is 4.91. The summed E-state index contributed by atoms with van der Waals surface area (Å²) in [6, 6.07) is 5.94. The molecule has 0 radical (unpaired) electrons. The molecule has 1 fully saturated rings. The maximum absolute atomic E-state index is 12.6. The maximum atomic E-state index is 12.6. The third kappa shape index (κ3) is 4.46. The number of nitrogens with zero attached hydrogens (tertiary/aromatic N) is 1. The zero-order valence-electron chi connectivity index (χ0n) is 15.2. The first-order valence-electron chi connectivity index (χ1n) is 9.11. The predicted octanol–water partition coefficient (Wildman–Crippen LogP) is 2.57. The van der Waals surface area contributed by atoms with Crippen LogP contribution in [0.15, 0.2) is 34.9 Å². The number of nitrogens with one attached hydrogen (secondary N) is 3. The summed E-state index contributed by atoms with van der Waals surface area (Å²) in [4.78, 5) is 29.0. The average molecular weight is 372 g/mol. The fourth-order valence-corrected chi connectivity index (χ4v) is 3.44.